The molecule has 3 aromatic rings. The fraction of sp³-hybridized carbons (Fsp3) is 0.263. The Labute approximate surface area is 165 Å². The van der Waals surface area contributed by atoms with Gasteiger partial charge >= 0.3 is 6.01 Å². The van der Waals surface area contributed by atoms with Crippen molar-refractivity contribution >= 4 is 23.5 Å². The van der Waals surface area contributed by atoms with Crippen LogP contribution < -0.4 is 20.1 Å². The van der Waals surface area contributed by atoms with E-state index in [4.69, 9.17) is 18.4 Å². The Hall–Kier alpha value is -3.82. The number of carbonyl (C=O) groups excluding carboxylic acids is 2. The number of benzene rings is 1. The first kappa shape index (κ1) is 18.5. The first-order chi connectivity index (χ1) is 14.0. The van der Waals surface area contributed by atoms with Crippen molar-refractivity contribution in [3.8, 4) is 11.5 Å². The lowest BCUT2D eigenvalue weighted by Crippen LogP contribution is -2.17. The highest BCUT2D eigenvalue weighted by atomic mass is 16.6. The number of aromatic nitrogens is 2. The van der Waals surface area contributed by atoms with Crippen LogP contribution in [0.5, 0.6) is 11.5 Å². The Kier molecular flexibility index (Phi) is 4.90. The Morgan fingerprint density at radius 2 is 1.90 bits per heavy atom. The third kappa shape index (κ3) is 4.05. The summed E-state index contributed by atoms with van der Waals surface area (Å²) in [6, 6.07) is 5.00. The summed E-state index contributed by atoms with van der Waals surface area (Å²) >= 11 is 0. The highest BCUT2D eigenvalue weighted by molar-refractivity contribution is 6.03. The van der Waals surface area contributed by atoms with Gasteiger partial charge in [0.05, 0.1) is 12.1 Å². The van der Waals surface area contributed by atoms with Crippen LogP contribution in [0.4, 0.5) is 11.7 Å². The van der Waals surface area contributed by atoms with Crippen molar-refractivity contribution in [2.45, 2.75) is 20.3 Å². The van der Waals surface area contributed by atoms with Crippen molar-refractivity contribution in [1.29, 1.82) is 0 Å². The summed E-state index contributed by atoms with van der Waals surface area (Å²) in [7, 11) is 0. The van der Waals surface area contributed by atoms with Crippen LogP contribution in [-0.2, 0) is 11.2 Å². The maximum atomic E-state index is 12.4. The number of nitrogens with one attached hydrogen (secondary N) is 2. The normalized spacial score (nSPS) is 12.5. The molecule has 0 unspecified atom stereocenters. The quantitative estimate of drug-likeness (QED) is 0.671. The third-order valence-corrected chi connectivity index (χ3v) is 4.30. The molecular weight excluding hydrogens is 380 g/mol. The van der Waals surface area contributed by atoms with Gasteiger partial charge in [0, 0.05) is 17.3 Å². The first-order valence-corrected chi connectivity index (χ1v) is 8.88. The molecule has 1 aliphatic rings. The second-order valence-corrected chi connectivity index (χ2v) is 6.38. The van der Waals surface area contributed by atoms with Gasteiger partial charge in [-0.3, -0.25) is 14.9 Å². The molecule has 0 aliphatic carbocycles. The molecule has 0 radical (unpaired) electrons. The Bertz CT molecular complexity index is 1050. The number of carbonyl (C=O) groups is 2. The molecule has 0 bridgehead atoms. The van der Waals surface area contributed by atoms with E-state index in [9.17, 15) is 9.59 Å². The van der Waals surface area contributed by atoms with Crippen molar-refractivity contribution in [2.24, 2.45) is 0 Å². The van der Waals surface area contributed by atoms with Crippen LogP contribution in [0.1, 0.15) is 27.5 Å². The number of hydrogen-bond donors (Lipinski definition) is 2. The van der Waals surface area contributed by atoms with Gasteiger partial charge in [0.2, 0.25) is 5.91 Å². The van der Waals surface area contributed by atoms with Crippen molar-refractivity contribution in [3.63, 3.8) is 0 Å². The fourth-order valence-electron chi connectivity index (χ4n) is 2.83. The van der Waals surface area contributed by atoms with Gasteiger partial charge in [-0.25, -0.2) is 0 Å². The number of oxazole rings is 1. The standard InChI is InChI=1S/C19H18N4O6/c1-10-13(11(2)29-23-10)8-17(24)22-19-21-14(9-28-19)18(25)20-12-3-4-15-16(7-12)27-6-5-26-15/h3-4,7,9H,5-6,8H2,1-2H3,(H,20,25)(H,21,22,24). The molecule has 10 nitrogen and oxygen atoms in total. The smallest absolute Gasteiger partial charge is 0.302 e. The lowest BCUT2D eigenvalue weighted by molar-refractivity contribution is -0.115. The van der Waals surface area contributed by atoms with Crippen molar-refractivity contribution in [2.75, 3.05) is 23.8 Å². The minimum absolute atomic E-state index is 0.0209. The zero-order valence-electron chi connectivity index (χ0n) is 15.8. The van der Waals surface area contributed by atoms with Gasteiger partial charge < -0.3 is 23.7 Å². The largest absolute Gasteiger partial charge is 0.486 e. The van der Waals surface area contributed by atoms with Crippen LogP contribution in [0.25, 0.3) is 0 Å². The zero-order valence-corrected chi connectivity index (χ0v) is 15.8. The summed E-state index contributed by atoms with van der Waals surface area (Å²) in [5.41, 5.74) is 1.88. The molecule has 2 N–H and O–H groups in total. The highest BCUT2D eigenvalue weighted by Crippen LogP contribution is 2.32. The summed E-state index contributed by atoms with van der Waals surface area (Å²) in [6.45, 7) is 4.42. The third-order valence-electron chi connectivity index (χ3n) is 4.30. The minimum atomic E-state index is -0.489. The van der Waals surface area contributed by atoms with Gasteiger partial charge in [0.1, 0.15) is 25.2 Å². The number of aryl methyl sites for hydroxylation is 2. The molecule has 10 heteroatoms. The first-order valence-electron chi connectivity index (χ1n) is 8.88. The lowest BCUT2D eigenvalue weighted by Gasteiger charge is -2.18. The molecule has 3 heterocycles. The average Bonchev–Trinajstić information content (AvgIpc) is 3.30. The number of hydrogen-bond acceptors (Lipinski definition) is 8. The van der Waals surface area contributed by atoms with E-state index in [2.05, 4.69) is 20.8 Å². The highest BCUT2D eigenvalue weighted by Gasteiger charge is 2.18. The van der Waals surface area contributed by atoms with Gasteiger partial charge in [-0.15, -0.1) is 0 Å². The maximum Gasteiger partial charge on any atom is 0.302 e. The van der Waals surface area contributed by atoms with E-state index in [0.29, 0.717) is 47.4 Å². The maximum absolute atomic E-state index is 12.4. The zero-order chi connectivity index (χ0) is 20.4. The van der Waals surface area contributed by atoms with E-state index in [1.165, 1.54) is 6.26 Å². The average molecular weight is 398 g/mol. The van der Waals surface area contributed by atoms with Crippen LogP contribution >= 0.6 is 0 Å². The van der Waals surface area contributed by atoms with Gasteiger partial charge in [0.15, 0.2) is 17.2 Å². The molecule has 0 saturated heterocycles. The molecule has 150 valence electrons. The summed E-state index contributed by atoms with van der Waals surface area (Å²) in [5, 5.41) is 9.01. The van der Waals surface area contributed by atoms with Crippen molar-refractivity contribution < 1.29 is 28.0 Å². The number of anilines is 2. The van der Waals surface area contributed by atoms with E-state index >= 15 is 0 Å². The summed E-state index contributed by atoms with van der Waals surface area (Å²) < 4.78 is 21.1. The second-order valence-electron chi connectivity index (χ2n) is 6.38. The number of nitrogens with zero attached hydrogens (tertiary/aromatic N) is 2. The van der Waals surface area contributed by atoms with Gasteiger partial charge in [-0.05, 0) is 26.0 Å². The van der Waals surface area contributed by atoms with E-state index in [1.54, 1.807) is 32.0 Å². The molecule has 4 rings (SSSR count). The molecule has 2 aromatic heterocycles. The predicted octanol–water partition coefficient (Wildman–Crippen LogP) is 2.48. The summed E-state index contributed by atoms with van der Waals surface area (Å²) in [6.07, 6.45) is 1.22. The Balaban J connectivity index is 1.38. The predicted molar refractivity (Wildman–Crippen MR) is 100 cm³/mol. The topological polar surface area (TPSA) is 129 Å². The van der Waals surface area contributed by atoms with Crippen LogP contribution in [0.3, 0.4) is 0 Å². The molecule has 0 fully saturated rings. The van der Waals surface area contributed by atoms with Gasteiger partial charge in [0.25, 0.3) is 5.91 Å². The van der Waals surface area contributed by atoms with Crippen LogP contribution in [0.15, 0.2) is 33.4 Å². The van der Waals surface area contributed by atoms with Crippen LogP contribution in [0, 0.1) is 13.8 Å². The monoisotopic (exact) mass is 398 g/mol. The molecule has 29 heavy (non-hydrogen) atoms. The molecule has 0 saturated carbocycles. The minimum Gasteiger partial charge on any atom is -0.486 e. The number of rotatable bonds is 5. The van der Waals surface area contributed by atoms with Crippen molar-refractivity contribution in [1.82, 2.24) is 10.1 Å². The summed E-state index contributed by atoms with van der Waals surface area (Å²) in [4.78, 5) is 28.6. The lowest BCUT2D eigenvalue weighted by atomic mass is 10.1. The van der Waals surface area contributed by atoms with E-state index in [1.807, 2.05) is 0 Å². The molecule has 0 spiro atoms. The van der Waals surface area contributed by atoms with Crippen molar-refractivity contribution in [3.05, 3.63) is 47.2 Å². The number of fused-ring (bicyclic) bond motifs is 1. The Morgan fingerprint density at radius 1 is 1.10 bits per heavy atom. The number of ether oxygens (including phenoxy) is 2. The van der Waals surface area contributed by atoms with Gasteiger partial charge in [-0.2, -0.15) is 4.98 Å². The molecule has 0 atom stereocenters. The van der Waals surface area contributed by atoms with Crippen LogP contribution in [-0.4, -0.2) is 35.2 Å². The fourth-order valence-corrected chi connectivity index (χ4v) is 2.83. The summed E-state index contributed by atoms with van der Waals surface area (Å²) in [5.74, 6) is 0.904. The molecule has 1 aliphatic heterocycles. The Morgan fingerprint density at radius 3 is 2.66 bits per heavy atom. The van der Waals surface area contributed by atoms with E-state index in [0.717, 1.165) is 0 Å². The number of amides is 2. The molecular formula is C19H18N4O6. The molecule has 1 aromatic carbocycles. The van der Waals surface area contributed by atoms with E-state index in [-0.39, 0.29) is 24.0 Å². The SMILES string of the molecule is Cc1noc(C)c1CC(=O)Nc1nc(C(=O)Nc2ccc3c(c2)OCCO3)co1. The van der Waals surface area contributed by atoms with Crippen LogP contribution in [0.2, 0.25) is 0 Å². The molecule has 2 amide bonds. The van der Waals surface area contributed by atoms with E-state index < -0.39 is 5.91 Å². The second kappa shape index (κ2) is 7.66. The van der Waals surface area contributed by atoms with Gasteiger partial charge in [-0.1, -0.05) is 5.16 Å².